The Morgan fingerprint density at radius 2 is 1.93 bits per heavy atom. The third-order valence-electron chi connectivity index (χ3n) is 3.78. The normalized spacial score (nSPS) is 12.4. The first kappa shape index (κ1) is 20.9. The summed E-state index contributed by atoms with van der Waals surface area (Å²) in [6.45, 7) is 3.48. The van der Waals surface area contributed by atoms with Crippen LogP contribution in [-0.2, 0) is 10.9 Å². The number of amides is 1. The van der Waals surface area contributed by atoms with Crippen LogP contribution < -0.4 is 10.1 Å². The minimum Gasteiger partial charge on any atom is -0.490 e. The van der Waals surface area contributed by atoms with Gasteiger partial charge in [0.1, 0.15) is 18.5 Å². The third kappa shape index (κ3) is 6.06. The number of rotatable bonds is 6. The molecule has 0 radical (unpaired) electrons. The number of nitrogens with one attached hydrogen (secondary N) is 1. The number of para-hydroxylation sites is 1. The molecule has 2 aromatic carbocycles. The molecule has 0 aliphatic carbocycles. The van der Waals surface area contributed by atoms with Crippen molar-refractivity contribution in [3.05, 3.63) is 58.6 Å². The number of hydrogen-bond donors (Lipinski definition) is 1. The standard InChI is InChI=1S/C19H19ClF3NO3/c1-3-14(11-26-15-8-5-7-13(10-15)19(21,22)23)27-18(25)24-17-12(2)6-4-9-16(17)20/h4-10,14H,3,11H2,1-2H3,(H,24,25). The van der Waals surface area contributed by atoms with Crippen molar-refractivity contribution in [1.29, 1.82) is 0 Å². The number of ether oxygens (including phenoxy) is 2. The van der Waals surface area contributed by atoms with Gasteiger partial charge in [-0.1, -0.05) is 36.7 Å². The fourth-order valence-corrected chi connectivity index (χ4v) is 2.53. The van der Waals surface area contributed by atoms with Crippen molar-refractivity contribution in [2.45, 2.75) is 32.5 Å². The lowest BCUT2D eigenvalue weighted by molar-refractivity contribution is -0.137. The van der Waals surface area contributed by atoms with E-state index in [2.05, 4.69) is 5.32 Å². The maximum Gasteiger partial charge on any atom is 0.416 e. The van der Waals surface area contributed by atoms with E-state index < -0.39 is 23.9 Å². The number of carbonyl (C=O) groups excluding carboxylic acids is 1. The highest BCUT2D eigenvalue weighted by Gasteiger charge is 2.30. The molecule has 1 amide bonds. The highest BCUT2D eigenvalue weighted by atomic mass is 35.5. The molecular weight excluding hydrogens is 383 g/mol. The SMILES string of the molecule is CCC(COc1cccc(C(F)(F)F)c1)OC(=O)Nc1c(C)cccc1Cl. The van der Waals surface area contributed by atoms with Gasteiger partial charge in [0.15, 0.2) is 0 Å². The summed E-state index contributed by atoms with van der Waals surface area (Å²) >= 11 is 6.05. The molecule has 1 atom stereocenters. The number of benzene rings is 2. The highest BCUT2D eigenvalue weighted by molar-refractivity contribution is 6.33. The van der Waals surface area contributed by atoms with Crippen molar-refractivity contribution in [2.75, 3.05) is 11.9 Å². The first-order chi connectivity index (χ1) is 12.7. The van der Waals surface area contributed by atoms with Crippen LogP contribution >= 0.6 is 11.6 Å². The number of halogens is 4. The first-order valence-corrected chi connectivity index (χ1v) is 8.61. The summed E-state index contributed by atoms with van der Waals surface area (Å²) in [4.78, 5) is 12.1. The number of carbonyl (C=O) groups is 1. The van der Waals surface area contributed by atoms with Gasteiger partial charge in [0.25, 0.3) is 0 Å². The second-order valence-electron chi connectivity index (χ2n) is 5.83. The van der Waals surface area contributed by atoms with Gasteiger partial charge in [0.05, 0.1) is 16.3 Å². The molecule has 0 bridgehead atoms. The van der Waals surface area contributed by atoms with E-state index in [1.54, 1.807) is 32.0 Å². The van der Waals surface area contributed by atoms with E-state index in [-0.39, 0.29) is 12.4 Å². The van der Waals surface area contributed by atoms with Crippen LogP contribution in [0.4, 0.5) is 23.7 Å². The number of anilines is 1. The second kappa shape index (κ2) is 8.99. The first-order valence-electron chi connectivity index (χ1n) is 8.23. The monoisotopic (exact) mass is 401 g/mol. The molecule has 0 fully saturated rings. The molecule has 1 N–H and O–H groups in total. The third-order valence-corrected chi connectivity index (χ3v) is 4.09. The Balaban J connectivity index is 1.95. The van der Waals surface area contributed by atoms with Crippen LogP contribution in [0, 0.1) is 6.92 Å². The quantitative estimate of drug-likeness (QED) is 0.638. The maximum atomic E-state index is 12.7. The zero-order valence-corrected chi connectivity index (χ0v) is 15.5. The highest BCUT2D eigenvalue weighted by Crippen LogP contribution is 2.31. The Morgan fingerprint density at radius 1 is 1.22 bits per heavy atom. The minimum absolute atomic E-state index is 0.0502. The lowest BCUT2D eigenvalue weighted by Gasteiger charge is -2.18. The summed E-state index contributed by atoms with van der Waals surface area (Å²) in [5.74, 6) is 0.0502. The maximum absolute atomic E-state index is 12.7. The number of hydrogen-bond acceptors (Lipinski definition) is 3. The smallest absolute Gasteiger partial charge is 0.416 e. The largest absolute Gasteiger partial charge is 0.490 e. The van der Waals surface area contributed by atoms with Gasteiger partial charge in [-0.25, -0.2) is 4.79 Å². The average molecular weight is 402 g/mol. The van der Waals surface area contributed by atoms with Gasteiger partial charge in [-0.05, 0) is 43.2 Å². The molecule has 0 saturated heterocycles. The second-order valence-corrected chi connectivity index (χ2v) is 6.24. The summed E-state index contributed by atoms with van der Waals surface area (Å²) in [7, 11) is 0. The Bertz CT molecular complexity index is 776. The van der Waals surface area contributed by atoms with Gasteiger partial charge in [0.2, 0.25) is 0 Å². The molecule has 0 saturated carbocycles. The van der Waals surface area contributed by atoms with Crippen molar-refractivity contribution in [2.24, 2.45) is 0 Å². The lowest BCUT2D eigenvalue weighted by Crippen LogP contribution is -2.27. The average Bonchev–Trinajstić information content (AvgIpc) is 2.61. The molecule has 0 aliphatic heterocycles. The van der Waals surface area contributed by atoms with Crippen LogP contribution in [0.3, 0.4) is 0 Å². The van der Waals surface area contributed by atoms with E-state index in [0.29, 0.717) is 17.1 Å². The summed E-state index contributed by atoms with van der Waals surface area (Å²) in [6.07, 6.45) is -5.38. The predicted octanol–water partition coefficient (Wildman–Crippen LogP) is 6.07. The fraction of sp³-hybridized carbons (Fsp3) is 0.316. The summed E-state index contributed by atoms with van der Waals surface area (Å²) in [5.41, 5.74) is 0.409. The van der Waals surface area contributed by atoms with Crippen LogP contribution in [-0.4, -0.2) is 18.8 Å². The van der Waals surface area contributed by atoms with Crippen molar-refractivity contribution < 1.29 is 27.4 Å². The molecule has 4 nitrogen and oxygen atoms in total. The van der Waals surface area contributed by atoms with E-state index in [1.165, 1.54) is 12.1 Å². The van der Waals surface area contributed by atoms with Gasteiger partial charge < -0.3 is 9.47 Å². The van der Waals surface area contributed by atoms with Gasteiger partial charge >= 0.3 is 12.3 Å². The molecule has 146 valence electrons. The summed E-state index contributed by atoms with van der Waals surface area (Å²) in [5, 5.41) is 2.95. The predicted molar refractivity (Wildman–Crippen MR) is 97.3 cm³/mol. The molecule has 1 unspecified atom stereocenters. The Hall–Kier alpha value is -2.41. The molecule has 0 heterocycles. The Labute approximate surface area is 160 Å². The van der Waals surface area contributed by atoms with Crippen molar-refractivity contribution in [1.82, 2.24) is 0 Å². The Morgan fingerprint density at radius 3 is 2.56 bits per heavy atom. The minimum atomic E-state index is -4.45. The fourth-order valence-electron chi connectivity index (χ4n) is 2.26. The van der Waals surface area contributed by atoms with Crippen molar-refractivity contribution in [3.8, 4) is 5.75 Å². The van der Waals surface area contributed by atoms with E-state index in [0.717, 1.165) is 17.7 Å². The summed E-state index contributed by atoms with van der Waals surface area (Å²) in [6, 6.07) is 9.71. The molecule has 2 rings (SSSR count). The van der Waals surface area contributed by atoms with E-state index in [1.807, 2.05) is 0 Å². The van der Waals surface area contributed by atoms with Gasteiger partial charge in [-0.2, -0.15) is 13.2 Å². The van der Waals surface area contributed by atoms with Crippen LogP contribution in [0.2, 0.25) is 5.02 Å². The molecule has 0 spiro atoms. The van der Waals surface area contributed by atoms with Crippen LogP contribution in [0.1, 0.15) is 24.5 Å². The zero-order chi connectivity index (χ0) is 20.0. The molecule has 27 heavy (non-hydrogen) atoms. The van der Waals surface area contributed by atoms with E-state index in [9.17, 15) is 18.0 Å². The van der Waals surface area contributed by atoms with Crippen molar-refractivity contribution >= 4 is 23.4 Å². The van der Waals surface area contributed by atoms with Crippen LogP contribution in [0.25, 0.3) is 0 Å². The van der Waals surface area contributed by atoms with E-state index >= 15 is 0 Å². The van der Waals surface area contributed by atoms with Gasteiger partial charge in [-0.15, -0.1) is 0 Å². The summed E-state index contributed by atoms with van der Waals surface area (Å²) < 4.78 is 48.8. The van der Waals surface area contributed by atoms with Crippen molar-refractivity contribution in [3.63, 3.8) is 0 Å². The van der Waals surface area contributed by atoms with Crippen LogP contribution in [0.5, 0.6) is 5.75 Å². The molecular formula is C19H19ClF3NO3. The zero-order valence-electron chi connectivity index (χ0n) is 14.8. The van der Waals surface area contributed by atoms with Gasteiger partial charge in [0, 0.05) is 0 Å². The number of alkyl halides is 3. The topological polar surface area (TPSA) is 47.6 Å². The molecule has 8 heteroatoms. The molecule has 2 aromatic rings. The molecule has 0 aromatic heterocycles. The number of aryl methyl sites for hydroxylation is 1. The van der Waals surface area contributed by atoms with Gasteiger partial charge in [-0.3, -0.25) is 5.32 Å². The van der Waals surface area contributed by atoms with E-state index in [4.69, 9.17) is 21.1 Å². The lowest BCUT2D eigenvalue weighted by atomic mass is 10.2. The Kier molecular flexibility index (Phi) is 6.96. The van der Waals surface area contributed by atoms with Crippen LogP contribution in [0.15, 0.2) is 42.5 Å². The molecule has 0 aliphatic rings.